The van der Waals surface area contributed by atoms with E-state index < -0.39 is 0 Å². The summed E-state index contributed by atoms with van der Waals surface area (Å²) in [6, 6.07) is 13.1. The lowest BCUT2D eigenvalue weighted by Crippen LogP contribution is -2.14. The molecule has 0 unspecified atom stereocenters. The van der Waals surface area contributed by atoms with E-state index in [0.717, 1.165) is 14.8 Å². The van der Waals surface area contributed by atoms with Crippen molar-refractivity contribution < 1.29 is 9.21 Å². The molecule has 0 radical (unpaired) electrons. The van der Waals surface area contributed by atoms with Crippen LogP contribution < -0.4 is 5.32 Å². The molecule has 1 N–H and O–H groups in total. The third kappa shape index (κ3) is 4.74. The van der Waals surface area contributed by atoms with Crippen LogP contribution in [0.4, 0.5) is 5.69 Å². The van der Waals surface area contributed by atoms with Gasteiger partial charge in [-0.2, -0.15) is 0 Å². The summed E-state index contributed by atoms with van der Waals surface area (Å²) in [6.45, 7) is 1.96. The highest BCUT2D eigenvalue weighted by Gasteiger charge is 2.13. The van der Waals surface area contributed by atoms with Gasteiger partial charge >= 0.3 is 0 Å². The van der Waals surface area contributed by atoms with Gasteiger partial charge < -0.3 is 9.73 Å². The van der Waals surface area contributed by atoms with Crippen molar-refractivity contribution in [2.24, 2.45) is 0 Å². The Morgan fingerprint density at radius 2 is 2.08 bits per heavy atom. The number of thioether (sulfide) groups is 1. The molecule has 0 spiro atoms. The fraction of sp³-hybridized carbons (Fsp3) is 0.118. The van der Waals surface area contributed by atoms with E-state index in [0.29, 0.717) is 21.7 Å². The number of aromatic nitrogens is 2. The van der Waals surface area contributed by atoms with Crippen molar-refractivity contribution in [3.8, 4) is 11.5 Å². The smallest absolute Gasteiger partial charge is 0.277 e. The quantitative estimate of drug-likeness (QED) is 0.405. The second-order valence-electron chi connectivity index (χ2n) is 5.15. The predicted molar refractivity (Wildman–Crippen MR) is 108 cm³/mol. The highest BCUT2D eigenvalue weighted by molar-refractivity contribution is 14.1. The summed E-state index contributed by atoms with van der Waals surface area (Å²) in [5.41, 5.74) is 2.49. The molecule has 0 aliphatic rings. The molecule has 0 saturated heterocycles. The summed E-state index contributed by atoms with van der Waals surface area (Å²) in [5, 5.41) is 11.7. The molecule has 0 atom stereocenters. The fourth-order valence-corrected chi connectivity index (χ4v) is 3.52. The van der Waals surface area contributed by atoms with Gasteiger partial charge in [0.05, 0.1) is 16.3 Å². The van der Waals surface area contributed by atoms with Crippen LogP contribution in [0.5, 0.6) is 0 Å². The number of benzene rings is 2. The highest BCUT2D eigenvalue weighted by atomic mass is 127. The normalized spacial score (nSPS) is 10.7. The first-order chi connectivity index (χ1) is 12.0. The van der Waals surface area contributed by atoms with Crippen LogP contribution in [-0.2, 0) is 4.79 Å². The molecule has 8 heteroatoms. The van der Waals surface area contributed by atoms with E-state index in [2.05, 4.69) is 38.1 Å². The molecule has 0 fully saturated rings. The molecule has 5 nitrogen and oxygen atoms in total. The van der Waals surface area contributed by atoms with Gasteiger partial charge in [0.25, 0.3) is 5.22 Å². The SMILES string of the molecule is Cc1cc(I)ccc1NC(=O)CSc1nnc(-c2ccccc2Cl)o1. The Balaban J connectivity index is 1.60. The van der Waals surface area contributed by atoms with Gasteiger partial charge in [-0.25, -0.2) is 0 Å². The number of carbonyl (C=O) groups excluding carboxylic acids is 1. The number of carbonyl (C=O) groups is 1. The van der Waals surface area contributed by atoms with E-state index in [-0.39, 0.29) is 11.7 Å². The minimum atomic E-state index is -0.133. The van der Waals surface area contributed by atoms with E-state index in [1.165, 1.54) is 11.8 Å². The lowest BCUT2D eigenvalue weighted by Gasteiger charge is -2.07. The van der Waals surface area contributed by atoms with Gasteiger partial charge in [0.15, 0.2) is 0 Å². The lowest BCUT2D eigenvalue weighted by molar-refractivity contribution is -0.113. The van der Waals surface area contributed by atoms with Crippen molar-refractivity contribution in [3.05, 3.63) is 56.6 Å². The van der Waals surface area contributed by atoms with E-state index in [1.54, 1.807) is 12.1 Å². The molecule has 1 heterocycles. The maximum Gasteiger partial charge on any atom is 0.277 e. The zero-order valence-corrected chi connectivity index (χ0v) is 16.9. The molecule has 0 saturated carbocycles. The second kappa shape index (κ2) is 8.20. The van der Waals surface area contributed by atoms with Crippen LogP contribution in [-0.4, -0.2) is 21.9 Å². The van der Waals surface area contributed by atoms with Crippen LogP contribution in [0.3, 0.4) is 0 Å². The van der Waals surface area contributed by atoms with Gasteiger partial charge in [0.2, 0.25) is 11.8 Å². The third-order valence-corrected chi connectivity index (χ3v) is 5.12. The number of aryl methyl sites for hydroxylation is 1. The number of halogens is 2. The molecule has 128 valence electrons. The first-order valence-electron chi connectivity index (χ1n) is 7.30. The summed E-state index contributed by atoms with van der Waals surface area (Å²) in [4.78, 5) is 12.1. The Morgan fingerprint density at radius 1 is 1.28 bits per heavy atom. The molecule has 1 amide bonds. The van der Waals surface area contributed by atoms with Crippen molar-refractivity contribution in [3.63, 3.8) is 0 Å². The average Bonchev–Trinajstić information content (AvgIpc) is 3.05. The van der Waals surface area contributed by atoms with Gasteiger partial charge in [-0.05, 0) is 65.4 Å². The largest absolute Gasteiger partial charge is 0.411 e. The maximum absolute atomic E-state index is 12.1. The molecule has 2 aromatic carbocycles. The summed E-state index contributed by atoms with van der Waals surface area (Å²) < 4.78 is 6.69. The Bertz CT molecular complexity index is 916. The molecule has 1 aromatic heterocycles. The number of nitrogens with one attached hydrogen (secondary N) is 1. The lowest BCUT2D eigenvalue weighted by atomic mass is 10.2. The van der Waals surface area contributed by atoms with E-state index >= 15 is 0 Å². The minimum absolute atomic E-state index is 0.133. The van der Waals surface area contributed by atoms with Gasteiger partial charge in [-0.3, -0.25) is 4.79 Å². The molecule has 0 aliphatic carbocycles. The first-order valence-corrected chi connectivity index (χ1v) is 9.74. The highest BCUT2D eigenvalue weighted by Crippen LogP contribution is 2.28. The second-order valence-corrected chi connectivity index (χ2v) is 7.73. The number of hydrogen-bond donors (Lipinski definition) is 1. The summed E-state index contributed by atoms with van der Waals surface area (Å²) in [7, 11) is 0. The number of hydrogen-bond acceptors (Lipinski definition) is 5. The van der Waals surface area contributed by atoms with Crippen LogP contribution >= 0.6 is 46.0 Å². The average molecular weight is 486 g/mol. The maximum atomic E-state index is 12.1. The standard InChI is InChI=1S/C17H13ClIN3O2S/c1-10-8-11(19)6-7-14(10)20-15(23)9-25-17-22-21-16(24-17)12-4-2-3-5-13(12)18/h2-8H,9H2,1H3,(H,20,23). The number of amides is 1. The molecule has 3 rings (SSSR count). The molecular formula is C17H13ClIN3O2S. The van der Waals surface area contributed by atoms with Crippen molar-refractivity contribution in [2.75, 3.05) is 11.1 Å². The minimum Gasteiger partial charge on any atom is -0.411 e. The van der Waals surface area contributed by atoms with Crippen molar-refractivity contribution in [2.45, 2.75) is 12.1 Å². The first kappa shape index (κ1) is 18.2. The molecule has 0 aliphatic heterocycles. The summed E-state index contributed by atoms with van der Waals surface area (Å²) >= 11 is 9.53. The van der Waals surface area contributed by atoms with Gasteiger partial charge in [-0.1, -0.05) is 35.5 Å². The monoisotopic (exact) mass is 485 g/mol. The van der Waals surface area contributed by atoms with E-state index in [9.17, 15) is 4.79 Å². The van der Waals surface area contributed by atoms with E-state index in [1.807, 2.05) is 37.3 Å². The molecule has 25 heavy (non-hydrogen) atoms. The Kier molecular flexibility index (Phi) is 5.98. The molecule has 3 aromatic rings. The van der Waals surface area contributed by atoms with Crippen LogP contribution in [0.2, 0.25) is 5.02 Å². The van der Waals surface area contributed by atoms with Gasteiger partial charge in [0.1, 0.15) is 0 Å². The summed E-state index contributed by atoms with van der Waals surface area (Å²) in [5.74, 6) is 0.379. The van der Waals surface area contributed by atoms with Gasteiger partial charge in [0, 0.05) is 9.26 Å². The molecule has 0 bridgehead atoms. The predicted octanol–water partition coefficient (Wildman–Crippen LogP) is 5.03. The van der Waals surface area contributed by atoms with Crippen LogP contribution in [0.1, 0.15) is 5.56 Å². The van der Waals surface area contributed by atoms with Crippen LogP contribution in [0, 0.1) is 10.5 Å². The summed E-state index contributed by atoms with van der Waals surface area (Å²) in [6.07, 6.45) is 0. The Hall–Kier alpha value is -1.58. The Morgan fingerprint density at radius 3 is 2.84 bits per heavy atom. The molecular weight excluding hydrogens is 473 g/mol. The zero-order chi connectivity index (χ0) is 17.8. The van der Waals surface area contributed by atoms with Crippen LogP contribution in [0.25, 0.3) is 11.5 Å². The van der Waals surface area contributed by atoms with Crippen molar-refractivity contribution in [1.82, 2.24) is 10.2 Å². The number of anilines is 1. The topological polar surface area (TPSA) is 68.0 Å². The zero-order valence-electron chi connectivity index (χ0n) is 13.1. The fourth-order valence-electron chi connectivity index (χ4n) is 2.09. The van der Waals surface area contributed by atoms with Crippen molar-refractivity contribution >= 4 is 57.5 Å². The number of nitrogens with zero attached hydrogens (tertiary/aromatic N) is 2. The van der Waals surface area contributed by atoms with Gasteiger partial charge in [-0.15, -0.1) is 10.2 Å². The number of rotatable bonds is 5. The third-order valence-electron chi connectivity index (χ3n) is 3.30. The van der Waals surface area contributed by atoms with Crippen molar-refractivity contribution in [1.29, 1.82) is 0 Å². The van der Waals surface area contributed by atoms with E-state index in [4.69, 9.17) is 16.0 Å². The Labute approximate surface area is 167 Å². The van der Waals surface area contributed by atoms with Crippen LogP contribution in [0.15, 0.2) is 52.1 Å².